The van der Waals surface area contributed by atoms with E-state index >= 15 is 0 Å². The summed E-state index contributed by atoms with van der Waals surface area (Å²) in [6, 6.07) is 19.7. The zero-order chi connectivity index (χ0) is 17.6. The van der Waals surface area contributed by atoms with E-state index in [1.54, 1.807) is 60.5 Å². The Kier molecular flexibility index (Phi) is 5.00. The third-order valence-electron chi connectivity index (χ3n) is 3.92. The van der Waals surface area contributed by atoms with Gasteiger partial charge in [0.2, 0.25) is 12.3 Å². The summed E-state index contributed by atoms with van der Waals surface area (Å²) in [4.78, 5) is 24.9. The van der Waals surface area contributed by atoms with E-state index in [9.17, 15) is 9.59 Å². The van der Waals surface area contributed by atoms with Crippen LogP contribution in [0.5, 0.6) is 5.75 Å². The lowest BCUT2D eigenvalue weighted by Gasteiger charge is -2.05. The molecule has 0 atom stereocenters. The summed E-state index contributed by atoms with van der Waals surface area (Å²) in [6.07, 6.45) is 3.48. The number of hydrogen-bond donors (Lipinski definition) is 0. The molecule has 0 N–H and O–H groups in total. The Bertz CT molecular complexity index is 887. The molecule has 0 unspecified atom stereocenters. The van der Waals surface area contributed by atoms with E-state index in [0.29, 0.717) is 22.4 Å². The zero-order valence-electron chi connectivity index (χ0n) is 13.9. The average Bonchev–Trinajstić information content (AvgIpc) is 2.68. The number of pyridine rings is 1. The van der Waals surface area contributed by atoms with E-state index in [2.05, 4.69) is 0 Å². The van der Waals surface area contributed by atoms with E-state index in [4.69, 9.17) is 4.74 Å². The molecule has 1 aromatic heterocycles. The number of ketones is 2. The van der Waals surface area contributed by atoms with Gasteiger partial charge >= 0.3 is 0 Å². The van der Waals surface area contributed by atoms with Gasteiger partial charge in [0.25, 0.3) is 0 Å². The molecule has 0 saturated carbocycles. The minimum atomic E-state index is -0.0513. The van der Waals surface area contributed by atoms with Gasteiger partial charge in [0.15, 0.2) is 18.2 Å². The number of hydrogen-bond acceptors (Lipinski definition) is 3. The van der Waals surface area contributed by atoms with Crippen LogP contribution in [0.1, 0.15) is 26.3 Å². The van der Waals surface area contributed by atoms with E-state index < -0.39 is 0 Å². The van der Waals surface area contributed by atoms with Crippen molar-refractivity contribution >= 4 is 11.6 Å². The number of aromatic nitrogens is 1. The third-order valence-corrected chi connectivity index (χ3v) is 3.92. The molecule has 4 nitrogen and oxygen atoms in total. The molecule has 3 rings (SSSR count). The fraction of sp³-hybridized carbons (Fsp3) is 0.0952. The highest BCUT2D eigenvalue weighted by molar-refractivity contribution is 6.08. The number of benzene rings is 2. The van der Waals surface area contributed by atoms with Gasteiger partial charge in [0.05, 0.1) is 12.7 Å². The Morgan fingerprint density at radius 3 is 2.12 bits per heavy atom. The Labute approximate surface area is 146 Å². The number of carbonyl (C=O) groups is 2. The first-order chi connectivity index (χ1) is 12.2. The van der Waals surface area contributed by atoms with Crippen molar-refractivity contribution < 1.29 is 18.9 Å². The van der Waals surface area contributed by atoms with Crippen LogP contribution in [-0.4, -0.2) is 18.7 Å². The van der Waals surface area contributed by atoms with Crippen molar-refractivity contribution in [3.8, 4) is 5.75 Å². The second-order valence-electron chi connectivity index (χ2n) is 5.58. The quantitative estimate of drug-likeness (QED) is 0.515. The first kappa shape index (κ1) is 16.6. The molecular formula is C21H18NO3+. The SMILES string of the molecule is COc1ccccc1C(=O)C[n+]1ccc(C(=O)c2ccccc2)cc1. The van der Waals surface area contributed by atoms with Crippen LogP contribution in [0, 0.1) is 0 Å². The summed E-state index contributed by atoms with van der Waals surface area (Å²) < 4.78 is 6.98. The Hall–Kier alpha value is -3.27. The van der Waals surface area contributed by atoms with Gasteiger partial charge in [0, 0.05) is 23.3 Å². The molecule has 3 aromatic rings. The predicted molar refractivity (Wildman–Crippen MR) is 93.8 cm³/mol. The minimum Gasteiger partial charge on any atom is -0.496 e. The number of rotatable bonds is 6. The van der Waals surface area contributed by atoms with Gasteiger partial charge < -0.3 is 4.74 Å². The molecule has 0 bridgehead atoms. The number of nitrogens with zero attached hydrogens (tertiary/aromatic N) is 1. The van der Waals surface area contributed by atoms with Crippen molar-refractivity contribution in [2.75, 3.05) is 7.11 Å². The molecule has 2 aromatic carbocycles. The van der Waals surface area contributed by atoms with Crippen LogP contribution in [0.4, 0.5) is 0 Å². The van der Waals surface area contributed by atoms with E-state index in [0.717, 1.165) is 0 Å². The van der Waals surface area contributed by atoms with Crippen LogP contribution in [0.25, 0.3) is 0 Å². The van der Waals surface area contributed by atoms with Gasteiger partial charge in [-0.15, -0.1) is 0 Å². The summed E-state index contributed by atoms with van der Waals surface area (Å²) in [5, 5.41) is 0. The predicted octanol–water partition coefficient (Wildman–Crippen LogP) is 3.10. The second-order valence-corrected chi connectivity index (χ2v) is 5.58. The number of ether oxygens (including phenoxy) is 1. The average molecular weight is 332 g/mol. The molecular weight excluding hydrogens is 314 g/mol. The van der Waals surface area contributed by atoms with Crippen LogP contribution in [-0.2, 0) is 6.54 Å². The normalized spacial score (nSPS) is 10.3. The number of methoxy groups -OCH3 is 1. The van der Waals surface area contributed by atoms with Crippen molar-refractivity contribution in [2.24, 2.45) is 0 Å². The lowest BCUT2D eigenvalue weighted by molar-refractivity contribution is -0.683. The lowest BCUT2D eigenvalue weighted by atomic mass is 10.0. The third kappa shape index (κ3) is 3.80. The fourth-order valence-electron chi connectivity index (χ4n) is 2.60. The molecule has 25 heavy (non-hydrogen) atoms. The monoisotopic (exact) mass is 332 g/mol. The van der Waals surface area contributed by atoms with Gasteiger partial charge in [-0.3, -0.25) is 9.59 Å². The highest BCUT2D eigenvalue weighted by Crippen LogP contribution is 2.17. The Balaban J connectivity index is 1.75. The maximum Gasteiger partial charge on any atom is 0.231 e. The van der Waals surface area contributed by atoms with E-state index in [1.807, 2.05) is 30.3 Å². The molecule has 1 heterocycles. The van der Waals surface area contributed by atoms with Crippen molar-refractivity contribution in [1.82, 2.24) is 0 Å². The molecule has 4 heteroatoms. The Morgan fingerprint density at radius 1 is 0.840 bits per heavy atom. The summed E-state index contributed by atoms with van der Waals surface area (Å²) in [6.45, 7) is 0.181. The molecule has 0 radical (unpaired) electrons. The second kappa shape index (κ2) is 7.53. The molecule has 0 aliphatic rings. The summed E-state index contributed by atoms with van der Waals surface area (Å²) in [5.74, 6) is 0.470. The zero-order valence-corrected chi connectivity index (χ0v) is 13.9. The largest absolute Gasteiger partial charge is 0.496 e. The van der Waals surface area contributed by atoms with Gasteiger partial charge in [-0.1, -0.05) is 42.5 Å². The first-order valence-corrected chi connectivity index (χ1v) is 7.94. The van der Waals surface area contributed by atoms with Crippen molar-refractivity contribution in [3.05, 3.63) is 95.8 Å². The van der Waals surface area contributed by atoms with Crippen LogP contribution in [0.2, 0.25) is 0 Å². The molecule has 0 fully saturated rings. The number of Topliss-reactive ketones (excluding diaryl/α,β-unsaturated/α-hetero) is 1. The maximum absolute atomic E-state index is 12.5. The van der Waals surface area contributed by atoms with Crippen LogP contribution in [0.15, 0.2) is 79.1 Å². The van der Waals surface area contributed by atoms with Crippen molar-refractivity contribution in [1.29, 1.82) is 0 Å². The number of para-hydroxylation sites is 1. The van der Waals surface area contributed by atoms with Gasteiger partial charge in [-0.2, -0.15) is 4.57 Å². The van der Waals surface area contributed by atoms with Crippen molar-refractivity contribution in [2.45, 2.75) is 6.54 Å². The van der Waals surface area contributed by atoms with Crippen LogP contribution >= 0.6 is 0 Å². The molecule has 0 spiro atoms. The van der Waals surface area contributed by atoms with E-state index in [-0.39, 0.29) is 18.1 Å². The first-order valence-electron chi connectivity index (χ1n) is 7.94. The van der Waals surface area contributed by atoms with E-state index in [1.165, 1.54) is 0 Å². The highest BCUT2D eigenvalue weighted by Gasteiger charge is 2.17. The lowest BCUT2D eigenvalue weighted by Crippen LogP contribution is -2.37. The van der Waals surface area contributed by atoms with Crippen molar-refractivity contribution in [3.63, 3.8) is 0 Å². The molecule has 0 amide bonds. The maximum atomic E-state index is 12.5. The number of carbonyl (C=O) groups excluding carboxylic acids is 2. The van der Waals surface area contributed by atoms with Gasteiger partial charge in [0.1, 0.15) is 5.75 Å². The Morgan fingerprint density at radius 2 is 1.44 bits per heavy atom. The summed E-state index contributed by atoms with van der Waals surface area (Å²) in [7, 11) is 1.54. The molecule has 0 saturated heterocycles. The topological polar surface area (TPSA) is 47.2 Å². The molecule has 0 aliphatic carbocycles. The van der Waals surface area contributed by atoms with Crippen LogP contribution < -0.4 is 9.30 Å². The molecule has 0 aliphatic heterocycles. The van der Waals surface area contributed by atoms with Gasteiger partial charge in [-0.05, 0) is 12.1 Å². The highest BCUT2D eigenvalue weighted by atomic mass is 16.5. The fourth-order valence-corrected chi connectivity index (χ4v) is 2.60. The smallest absolute Gasteiger partial charge is 0.231 e. The van der Waals surface area contributed by atoms with Crippen LogP contribution in [0.3, 0.4) is 0 Å². The molecule has 124 valence electrons. The summed E-state index contributed by atoms with van der Waals surface area (Å²) >= 11 is 0. The van der Waals surface area contributed by atoms with Gasteiger partial charge in [-0.25, -0.2) is 0 Å². The summed E-state index contributed by atoms with van der Waals surface area (Å²) in [5.41, 5.74) is 1.78. The standard InChI is InChI=1S/C21H18NO3/c1-25-20-10-6-5-9-18(20)19(23)15-22-13-11-17(12-14-22)21(24)16-7-3-2-4-8-16/h2-14H,15H2,1H3/q+1. The minimum absolute atomic E-state index is 0.0381.